The van der Waals surface area contributed by atoms with E-state index in [2.05, 4.69) is 51.6 Å². The highest BCUT2D eigenvalue weighted by atomic mass is 15.3. The van der Waals surface area contributed by atoms with E-state index >= 15 is 0 Å². The van der Waals surface area contributed by atoms with Crippen molar-refractivity contribution in [3.05, 3.63) is 0 Å². The molecule has 0 saturated heterocycles. The highest BCUT2D eigenvalue weighted by Crippen LogP contribution is 2.26. The Hall–Kier alpha value is -0.120. The van der Waals surface area contributed by atoms with Gasteiger partial charge in [0, 0.05) is 24.7 Å². The molecule has 104 valence electrons. The van der Waals surface area contributed by atoms with Crippen molar-refractivity contribution in [2.75, 3.05) is 33.7 Å². The predicted molar refractivity (Wildman–Crippen MR) is 77.4 cm³/mol. The highest BCUT2D eigenvalue weighted by Gasteiger charge is 2.34. The summed E-state index contributed by atoms with van der Waals surface area (Å²) in [7, 11) is 4.28. The van der Waals surface area contributed by atoms with E-state index in [4.69, 9.17) is 5.73 Å². The van der Waals surface area contributed by atoms with Crippen molar-refractivity contribution in [1.82, 2.24) is 9.80 Å². The fourth-order valence-corrected chi connectivity index (χ4v) is 3.09. The first-order valence-corrected chi connectivity index (χ1v) is 7.08. The predicted octanol–water partition coefficient (Wildman–Crippen LogP) is 2.17. The van der Waals surface area contributed by atoms with Crippen molar-refractivity contribution in [2.45, 2.75) is 58.5 Å². The van der Waals surface area contributed by atoms with E-state index in [1.807, 2.05) is 0 Å². The van der Waals surface area contributed by atoms with Crippen LogP contribution >= 0.6 is 0 Å². The van der Waals surface area contributed by atoms with Crippen LogP contribution in [0.4, 0.5) is 0 Å². The van der Waals surface area contributed by atoms with Crippen molar-refractivity contribution in [3.63, 3.8) is 0 Å². The first-order chi connectivity index (χ1) is 7.97. The first-order valence-electron chi connectivity index (χ1n) is 7.08. The Morgan fingerprint density at radius 3 is 2.06 bits per heavy atom. The van der Waals surface area contributed by atoms with Gasteiger partial charge in [0.2, 0.25) is 0 Å². The molecule has 0 saturated carbocycles. The van der Waals surface area contributed by atoms with Crippen LogP contribution in [0.1, 0.15) is 47.0 Å². The van der Waals surface area contributed by atoms with Gasteiger partial charge in [0.25, 0.3) is 0 Å². The van der Waals surface area contributed by atoms with Crippen molar-refractivity contribution in [2.24, 2.45) is 5.73 Å². The van der Waals surface area contributed by atoms with Crippen molar-refractivity contribution >= 4 is 0 Å². The summed E-state index contributed by atoms with van der Waals surface area (Å²) in [5.41, 5.74) is 6.29. The minimum absolute atomic E-state index is 0.193. The molecule has 0 aliphatic rings. The molecule has 2 atom stereocenters. The maximum Gasteiger partial charge on any atom is 0.0332 e. The van der Waals surface area contributed by atoms with Gasteiger partial charge in [-0.3, -0.25) is 4.90 Å². The summed E-state index contributed by atoms with van der Waals surface area (Å²) in [6, 6.07) is 0.560. The number of hydrogen-bond donors (Lipinski definition) is 1. The zero-order valence-corrected chi connectivity index (χ0v) is 12.8. The van der Waals surface area contributed by atoms with Gasteiger partial charge < -0.3 is 10.6 Å². The molecule has 0 rings (SSSR count). The van der Waals surface area contributed by atoms with Crippen LogP contribution in [0.2, 0.25) is 0 Å². The van der Waals surface area contributed by atoms with Crippen LogP contribution in [0.15, 0.2) is 0 Å². The monoisotopic (exact) mass is 243 g/mol. The fraction of sp³-hybridized carbons (Fsp3) is 1.00. The maximum atomic E-state index is 6.09. The van der Waals surface area contributed by atoms with Crippen molar-refractivity contribution < 1.29 is 0 Å². The Balaban J connectivity index is 4.88. The number of hydrogen-bond acceptors (Lipinski definition) is 3. The third-order valence-corrected chi connectivity index (χ3v) is 3.86. The Morgan fingerprint density at radius 1 is 1.18 bits per heavy atom. The van der Waals surface area contributed by atoms with E-state index in [1.165, 1.54) is 12.8 Å². The fourth-order valence-electron chi connectivity index (χ4n) is 3.09. The highest BCUT2D eigenvalue weighted by molar-refractivity contribution is 4.92. The minimum Gasteiger partial charge on any atom is -0.329 e. The molecule has 0 aromatic carbocycles. The molecule has 0 aliphatic carbocycles. The van der Waals surface area contributed by atoms with Gasteiger partial charge in [0.1, 0.15) is 0 Å². The van der Waals surface area contributed by atoms with Gasteiger partial charge in [-0.1, -0.05) is 27.2 Å². The zero-order valence-electron chi connectivity index (χ0n) is 12.8. The van der Waals surface area contributed by atoms with Gasteiger partial charge >= 0.3 is 0 Å². The van der Waals surface area contributed by atoms with E-state index in [0.717, 1.165) is 26.1 Å². The Labute approximate surface area is 108 Å². The van der Waals surface area contributed by atoms with Gasteiger partial charge in [-0.05, 0) is 40.4 Å². The molecule has 0 amide bonds. The van der Waals surface area contributed by atoms with Gasteiger partial charge in [-0.25, -0.2) is 0 Å². The molecule has 17 heavy (non-hydrogen) atoms. The van der Waals surface area contributed by atoms with Crippen LogP contribution in [-0.2, 0) is 0 Å². The van der Waals surface area contributed by atoms with Crippen molar-refractivity contribution in [3.8, 4) is 0 Å². The van der Waals surface area contributed by atoms with E-state index in [9.17, 15) is 0 Å². The summed E-state index contributed by atoms with van der Waals surface area (Å²) in [4.78, 5) is 4.87. The number of nitrogens with two attached hydrogens (primary N) is 1. The maximum absolute atomic E-state index is 6.09. The minimum atomic E-state index is 0.193. The Kier molecular flexibility index (Phi) is 8.01. The van der Waals surface area contributed by atoms with Crippen LogP contribution < -0.4 is 5.73 Å². The topological polar surface area (TPSA) is 32.5 Å². The van der Waals surface area contributed by atoms with Gasteiger partial charge in [-0.15, -0.1) is 0 Å². The molecule has 0 heterocycles. The first kappa shape index (κ1) is 16.9. The molecule has 3 nitrogen and oxygen atoms in total. The number of nitrogens with zero attached hydrogens (tertiary/aromatic N) is 2. The van der Waals surface area contributed by atoms with Crippen LogP contribution in [0.5, 0.6) is 0 Å². The van der Waals surface area contributed by atoms with Gasteiger partial charge in [0.05, 0.1) is 0 Å². The molecule has 0 aliphatic heterocycles. The summed E-state index contributed by atoms with van der Waals surface area (Å²) in [5, 5.41) is 0. The van der Waals surface area contributed by atoms with Gasteiger partial charge in [-0.2, -0.15) is 0 Å². The summed E-state index contributed by atoms with van der Waals surface area (Å²) in [6.07, 6.45) is 3.55. The normalized spacial score (nSPS) is 17.5. The summed E-state index contributed by atoms with van der Waals surface area (Å²) in [6.45, 7) is 12.0. The average Bonchev–Trinajstić information content (AvgIpc) is 2.27. The van der Waals surface area contributed by atoms with Crippen LogP contribution in [0.25, 0.3) is 0 Å². The second-order valence-corrected chi connectivity index (χ2v) is 5.43. The van der Waals surface area contributed by atoms with E-state index in [1.54, 1.807) is 0 Å². The molecule has 3 heteroatoms. The molecule has 0 bridgehead atoms. The second-order valence-electron chi connectivity index (χ2n) is 5.43. The van der Waals surface area contributed by atoms with Gasteiger partial charge in [0.15, 0.2) is 0 Å². The third kappa shape index (κ3) is 4.57. The lowest BCUT2D eigenvalue weighted by Crippen LogP contribution is -2.58. The summed E-state index contributed by atoms with van der Waals surface area (Å²) < 4.78 is 0. The van der Waals surface area contributed by atoms with Crippen LogP contribution in [0, 0.1) is 0 Å². The molecule has 0 fully saturated rings. The van der Waals surface area contributed by atoms with E-state index in [-0.39, 0.29) is 5.54 Å². The largest absolute Gasteiger partial charge is 0.329 e. The molecular formula is C14H33N3. The Bertz CT molecular complexity index is 188. The summed E-state index contributed by atoms with van der Waals surface area (Å²) >= 11 is 0. The molecule has 0 aromatic heterocycles. The van der Waals surface area contributed by atoms with E-state index < -0.39 is 0 Å². The lowest BCUT2D eigenvalue weighted by molar-refractivity contribution is 0.0377. The molecule has 2 unspecified atom stereocenters. The zero-order chi connectivity index (χ0) is 13.5. The van der Waals surface area contributed by atoms with Crippen LogP contribution in [-0.4, -0.2) is 55.1 Å². The third-order valence-electron chi connectivity index (χ3n) is 3.86. The standard InChI is InChI=1S/C14H33N3/c1-7-10-14(8-2,12-15)17(9-3)13(4)11-16(5)6/h13H,7-12,15H2,1-6H3. The molecule has 2 N–H and O–H groups in total. The molecule has 0 aromatic rings. The van der Waals surface area contributed by atoms with Crippen LogP contribution in [0.3, 0.4) is 0 Å². The van der Waals surface area contributed by atoms with Crippen molar-refractivity contribution in [1.29, 1.82) is 0 Å². The SMILES string of the molecule is CCCC(CC)(CN)N(CC)C(C)CN(C)C. The summed E-state index contributed by atoms with van der Waals surface area (Å²) in [5.74, 6) is 0. The quantitative estimate of drug-likeness (QED) is 0.673. The second kappa shape index (κ2) is 8.06. The number of likely N-dealkylation sites (N-methyl/N-ethyl adjacent to an activating group) is 2. The molecular weight excluding hydrogens is 210 g/mol. The average molecular weight is 243 g/mol. The Morgan fingerprint density at radius 2 is 1.76 bits per heavy atom. The smallest absolute Gasteiger partial charge is 0.0332 e. The van der Waals surface area contributed by atoms with E-state index in [0.29, 0.717) is 6.04 Å². The lowest BCUT2D eigenvalue weighted by Gasteiger charge is -2.46. The molecule has 0 radical (unpaired) electrons. The lowest BCUT2D eigenvalue weighted by atomic mass is 9.87. The molecule has 0 spiro atoms. The number of rotatable bonds is 9.